The number of ether oxygens (including phenoxy) is 1. The standard InChI is InChI=1S/C22H22F2N4O2S/c1-14-11-27(12-15(2)30-14)20(29)13-31-22-26-25-21(16-3-5-17(23)6-4-16)28(22)19-9-7-18(24)8-10-19/h3-10,14-15H,11-13H2,1-2H3. The molecule has 1 aliphatic heterocycles. The van der Waals surface area contributed by atoms with E-state index in [1.54, 1.807) is 33.7 Å². The van der Waals surface area contributed by atoms with Crippen LogP contribution in [0.3, 0.4) is 0 Å². The van der Waals surface area contributed by atoms with Gasteiger partial charge in [-0.2, -0.15) is 0 Å². The molecule has 2 unspecified atom stereocenters. The van der Waals surface area contributed by atoms with Crippen molar-refractivity contribution in [2.24, 2.45) is 0 Å². The molecule has 162 valence electrons. The van der Waals surface area contributed by atoms with Crippen LogP contribution in [-0.4, -0.2) is 56.6 Å². The first kappa shape index (κ1) is 21.5. The van der Waals surface area contributed by atoms with Gasteiger partial charge in [-0.1, -0.05) is 11.8 Å². The highest BCUT2D eigenvalue weighted by molar-refractivity contribution is 7.99. The number of halogens is 2. The second-order valence-corrected chi connectivity index (χ2v) is 8.41. The van der Waals surface area contributed by atoms with Gasteiger partial charge in [-0.15, -0.1) is 10.2 Å². The van der Waals surface area contributed by atoms with Crippen molar-refractivity contribution >= 4 is 17.7 Å². The summed E-state index contributed by atoms with van der Waals surface area (Å²) in [7, 11) is 0. The van der Waals surface area contributed by atoms with Crippen LogP contribution in [0.4, 0.5) is 8.78 Å². The van der Waals surface area contributed by atoms with E-state index in [1.807, 2.05) is 13.8 Å². The molecule has 4 rings (SSSR count). The van der Waals surface area contributed by atoms with Gasteiger partial charge >= 0.3 is 0 Å². The van der Waals surface area contributed by atoms with Crippen LogP contribution >= 0.6 is 11.8 Å². The average molecular weight is 445 g/mol. The SMILES string of the molecule is CC1CN(C(=O)CSc2nnc(-c3ccc(F)cc3)n2-c2ccc(F)cc2)CC(C)O1. The fraction of sp³-hybridized carbons (Fsp3) is 0.318. The molecule has 1 fully saturated rings. The molecule has 1 amide bonds. The molecule has 2 atom stereocenters. The van der Waals surface area contributed by atoms with Crippen LogP contribution in [-0.2, 0) is 9.53 Å². The van der Waals surface area contributed by atoms with Crippen molar-refractivity contribution in [1.82, 2.24) is 19.7 Å². The van der Waals surface area contributed by atoms with Gasteiger partial charge in [0.2, 0.25) is 5.91 Å². The van der Waals surface area contributed by atoms with Gasteiger partial charge in [-0.25, -0.2) is 8.78 Å². The molecular weight excluding hydrogens is 422 g/mol. The van der Waals surface area contributed by atoms with Crippen LogP contribution in [0.5, 0.6) is 0 Å². The quantitative estimate of drug-likeness (QED) is 0.558. The third-order valence-electron chi connectivity index (χ3n) is 4.92. The Morgan fingerprint density at radius 3 is 2.19 bits per heavy atom. The minimum Gasteiger partial charge on any atom is -0.372 e. The number of aromatic nitrogens is 3. The Kier molecular flexibility index (Phi) is 6.33. The van der Waals surface area contributed by atoms with E-state index in [-0.39, 0.29) is 35.5 Å². The largest absolute Gasteiger partial charge is 0.372 e. The lowest BCUT2D eigenvalue weighted by atomic mass is 10.2. The molecule has 0 saturated carbocycles. The minimum absolute atomic E-state index is 0.00866. The zero-order chi connectivity index (χ0) is 22.0. The highest BCUT2D eigenvalue weighted by atomic mass is 32.2. The van der Waals surface area contributed by atoms with Crippen LogP contribution < -0.4 is 0 Å². The predicted molar refractivity (Wildman–Crippen MR) is 114 cm³/mol. The van der Waals surface area contributed by atoms with Crippen molar-refractivity contribution < 1.29 is 18.3 Å². The number of amides is 1. The first-order valence-electron chi connectivity index (χ1n) is 9.94. The fourth-order valence-corrected chi connectivity index (χ4v) is 4.43. The second kappa shape index (κ2) is 9.15. The maximum absolute atomic E-state index is 13.5. The number of hydrogen-bond donors (Lipinski definition) is 0. The average Bonchev–Trinajstić information content (AvgIpc) is 3.16. The Labute approximate surface area is 183 Å². The zero-order valence-corrected chi connectivity index (χ0v) is 18.0. The number of morpholine rings is 1. The van der Waals surface area contributed by atoms with Crippen LogP contribution in [0.2, 0.25) is 0 Å². The molecule has 2 aromatic carbocycles. The minimum atomic E-state index is -0.361. The topological polar surface area (TPSA) is 60.2 Å². The van der Waals surface area contributed by atoms with Gasteiger partial charge in [0.1, 0.15) is 11.6 Å². The Morgan fingerprint density at radius 2 is 1.58 bits per heavy atom. The molecule has 2 heterocycles. The fourth-order valence-electron chi connectivity index (χ4n) is 3.57. The van der Waals surface area contributed by atoms with Crippen LogP contribution in [0.1, 0.15) is 13.8 Å². The highest BCUT2D eigenvalue weighted by Crippen LogP contribution is 2.28. The van der Waals surface area contributed by atoms with E-state index in [0.717, 1.165) is 0 Å². The highest BCUT2D eigenvalue weighted by Gasteiger charge is 2.26. The van der Waals surface area contributed by atoms with Gasteiger partial charge in [-0.3, -0.25) is 9.36 Å². The summed E-state index contributed by atoms with van der Waals surface area (Å²) in [5, 5.41) is 9.01. The molecule has 31 heavy (non-hydrogen) atoms. The first-order chi connectivity index (χ1) is 14.9. The maximum atomic E-state index is 13.5. The van der Waals surface area contributed by atoms with Gasteiger partial charge in [0, 0.05) is 24.3 Å². The monoisotopic (exact) mass is 444 g/mol. The summed E-state index contributed by atoms with van der Waals surface area (Å²) < 4.78 is 34.3. The molecular formula is C22H22F2N4O2S. The second-order valence-electron chi connectivity index (χ2n) is 7.47. The first-order valence-corrected chi connectivity index (χ1v) is 10.9. The molecule has 0 bridgehead atoms. The Bertz CT molecular complexity index is 1050. The van der Waals surface area contributed by atoms with Crippen molar-refractivity contribution in [3.63, 3.8) is 0 Å². The number of rotatable bonds is 5. The third kappa shape index (κ3) is 4.94. The normalized spacial score (nSPS) is 18.9. The van der Waals surface area contributed by atoms with E-state index in [0.29, 0.717) is 35.3 Å². The lowest BCUT2D eigenvalue weighted by molar-refractivity contribution is -0.140. The maximum Gasteiger partial charge on any atom is 0.233 e. The van der Waals surface area contributed by atoms with E-state index in [4.69, 9.17) is 4.74 Å². The van der Waals surface area contributed by atoms with Gasteiger partial charge in [0.05, 0.1) is 18.0 Å². The van der Waals surface area contributed by atoms with Gasteiger partial charge in [0.15, 0.2) is 11.0 Å². The molecule has 0 N–H and O–H groups in total. The van der Waals surface area contributed by atoms with Crippen LogP contribution in [0.25, 0.3) is 17.1 Å². The Hall–Kier alpha value is -2.78. The van der Waals surface area contributed by atoms with Crippen molar-refractivity contribution in [3.8, 4) is 17.1 Å². The van der Waals surface area contributed by atoms with E-state index < -0.39 is 0 Å². The predicted octanol–water partition coefficient (Wildman–Crippen LogP) is 3.94. The van der Waals surface area contributed by atoms with E-state index in [2.05, 4.69) is 10.2 Å². The number of carbonyl (C=O) groups is 1. The van der Waals surface area contributed by atoms with E-state index in [1.165, 1.54) is 36.0 Å². The molecule has 1 saturated heterocycles. The third-order valence-corrected chi connectivity index (χ3v) is 5.83. The molecule has 0 radical (unpaired) electrons. The summed E-state index contributed by atoms with van der Waals surface area (Å²) in [5.41, 5.74) is 1.31. The van der Waals surface area contributed by atoms with E-state index in [9.17, 15) is 13.6 Å². The Morgan fingerprint density at radius 1 is 1.00 bits per heavy atom. The number of benzene rings is 2. The summed E-state index contributed by atoms with van der Waals surface area (Å²) in [4.78, 5) is 14.6. The molecule has 0 spiro atoms. The summed E-state index contributed by atoms with van der Waals surface area (Å²) in [5.74, 6) is -0.0626. The summed E-state index contributed by atoms with van der Waals surface area (Å²) >= 11 is 1.26. The van der Waals surface area contributed by atoms with Crippen molar-refractivity contribution in [3.05, 3.63) is 60.2 Å². The van der Waals surface area contributed by atoms with Crippen LogP contribution in [0.15, 0.2) is 53.7 Å². The number of nitrogens with zero attached hydrogens (tertiary/aromatic N) is 4. The molecule has 3 aromatic rings. The lowest BCUT2D eigenvalue weighted by Crippen LogP contribution is -2.48. The molecule has 6 nitrogen and oxygen atoms in total. The zero-order valence-electron chi connectivity index (χ0n) is 17.2. The number of carbonyl (C=O) groups excluding carboxylic acids is 1. The summed E-state index contributed by atoms with van der Waals surface area (Å²) in [6.45, 7) is 5.00. The molecule has 9 heteroatoms. The van der Waals surface area contributed by atoms with Crippen molar-refractivity contribution in [1.29, 1.82) is 0 Å². The van der Waals surface area contributed by atoms with Crippen LogP contribution in [0, 0.1) is 11.6 Å². The molecule has 1 aliphatic rings. The Balaban J connectivity index is 1.60. The smallest absolute Gasteiger partial charge is 0.233 e. The van der Waals surface area contributed by atoms with Gasteiger partial charge in [0.25, 0.3) is 0 Å². The lowest BCUT2D eigenvalue weighted by Gasteiger charge is -2.35. The number of hydrogen-bond acceptors (Lipinski definition) is 5. The van der Waals surface area contributed by atoms with Crippen molar-refractivity contribution in [2.75, 3.05) is 18.8 Å². The molecule has 0 aliphatic carbocycles. The molecule has 1 aromatic heterocycles. The van der Waals surface area contributed by atoms with Crippen molar-refractivity contribution in [2.45, 2.75) is 31.2 Å². The van der Waals surface area contributed by atoms with E-state index >= 15 is 0 Å². The summed E-state index contributed by atoms with van der Waals surface area (Å²) in [6, 6.07) is 11.8. The van der Waals surface area contributed by atoms with Gasteiger partial charge in [-0.05, 0) is 62.4 Å². The summed E-state index contributed by atoms with van der Waals surface area (Å²) in [6.07, 6.45) is -0.0173. The van der Waals surface area contributed by atoms with Gasteiger partial charge < -0.3 is 9.64 Å². The number of thioether (sulfide) groups is 1.